The van der Waals surface area contributed by atoms with E-state index in [2.05, 4.69) is 20.2 Å². The first-order valence-electron chi connectivity index (χ1n) is 13.3. The Morgan fingerprint density at radius 1 is 1.22 bits per heavy atom. The summed E-state index contributed by atoms with van der Waals surface area (Å²) in [6.45, 7) is 6.93. The maximum Gasteiger partial charge on any atom is 0.443 e. The number of hydrogen-bond acceptors (Lipinski definition) is 9. The van der Waals surface area contributed by atoms with Crippen molar-refractivity contribution in [1.29, 1.82) is 0 Å². The molecular weight excluding hydrogens is 598 g/mol. The Hall–Kier alpha value is -2.39. The van der Waals surface area contributed by atoms with Gasteiger partial charge in [-0.3, -0.25) is 14.7 Å². The number of alkyl halides is 3. The maximum atomic E-state index is 13.1. The van der Waals surface area contributed by atoms with Crippen molar-refractivity contribution in [3.8, 4) is 0 Å². The van der Waals surface area contributed by atoms with Crippen LogP contribution in [0.25, 0.3) is 0 Å². The number of fused-ring (bicyclic) bond motifs is 2. The second-order valence-corrected chi connectivity index (χ2v) is 14.8. The summed E-state index contributed by atoms with van der Waals surface area (Å²) in [5.41, 5.74) is 1.09. The highest BCUT2D eigenvalue weighted by atomic mass is 32.2. The highest BCUT2D eigenvalue weighted by Crippen LogP contribution is 2.48. The first-order valence-corrected chi connectivity index (χ1v) is 16.6. The first kappa shape index (κ1) is 30.1. The van der Waals surface area contributed by atoms with Crippen molar-refractivity contribution in [3.05, 3.63) is 61.5 Å². The van der Waals surface area contributed by atoms with Crippen LogP contribution in [0.5, 0.6) is 0 Å². The fourth-order valence-electron chi connectivity index (χ4n) is 5.40. The van der Waals surface area contributed by atoms with Crippen molar-refractivity contribution < 1.29 is 31.1 Å². The van der Waals surface area contributed by atoms with Gasteiger partial charge in [0.1, 0.15) is 5.60 Å². The summed E-state index contributed by atoms with van der Waals surface area (Å²) in [5, 5.41) is 2.05. The standard InChI is InChI=1S/C27H31F3N4O4S3/c1-4-41(36,37)20-6-5-19(31-14-20)13-32-24(35)21-12-18-11-16(2)38-26(23(18)39-21)7-9-34(10-8-26)17(3)22-15-33-25(40-22)27(28,29)30/h5-6,12,14-17H,4,7-11,13H2,1-3H3,(H,32,35). The van der Waals surface area contributed by atoms with Gasteiger partial charge in [-0.1, -0.05) is 6.92 Å². The molecule has 3 aromatic rings. The lowest BCUT2D eigenvalue weighted by Crippen LogP contribution is -2.48. The minimum absolute atomic E-state index is 0.0103. The van der Waals surface area contributed by atoms with Crippen LogP contribution in [-0.2, 0) is 39.3 Å². The number of halogens is 3. The molecule has 3 aromatic heterocycles. The average molecular weight is 629 g/mol. The quantitative estimate of drug-likeness (QED) is 0.376. The van der Waals surface area contributed by atoms with Gasteiger partial charge in [-0.15, -0.1) is 22.7 Å². The average Bonchev–Trinajstić information content (AvgIpc) is 3.61. The fourth-order valence-corrected chi connectivity index (χ4v) is 8.39. The Labute approximate surface area is 244 Å². The lowest BCUT2D eigenvalue weighted by molar-refractivity contribution is -0.137. The molecule has 5 heterocycles. The fraction of sp³-hybridized carbons (Fsp3) is 0.519. The Morgan fingerprint density at radius 2 is 1.95 bits per heavy atom. The van der Waals surface area contributed by atoms with E-state index < -0.39 is 26.6 Å². The van der Waals surface area contributed by atoms with E-state index in [0.717, 1.165) is 10.4 Å². The minimum Gasteiger partial charge on any atom is -0.366 e. The highest BCUT2D eigenvalue weighted by molar-refractivity contribution is 7.91. The number of thiazole rings is 1. The Balaban J connectivity index is 1.26. The number of carbonyl (C=O) groups is 1. The molecule has 0 radical (unpaired) electrons. The summed E-state index contributed by atoms with van der Waals surface area (Å²) in [6, 6.07) is 4.82. The number of rotatable bonds is 7. The molecule has 1 N–H and O–H groups in total. The van der Waals surface area contributed by atoms with Crippen LogP contribution >= 0.6 is 22.7 Å². The molecule has 1 spiro atoms. The van der Waals surface area contributed by atoms with Gasteiger partial charge in [0, 0.05) is 41.3 Å². The van der Waals surface area contributed by atoms with Crippen LogP contribution in [-0.4, -0.2) is 54.1 Å². The van der Waals surface area contributed by atoms with Crippen molar-refractivity contribution in [3.63, 3.8) is 0 Å². The van der Waals surface area contributed by atoms with Crippen molar-refractivity contribution in [2.75, 3.05) is 18.8 Å². The van der Waals surface area contributed by atoms with E-state index in [0.29, 0.717) is 59.1 Å². The summed E-state index contributed by atoms with van der Waals surface area (Å²) >= 11 is 2.11. The summed E-state index contributed by atoms with van der Waals surface area (Å²) in [6.07, 6.45) is 0.173. The molecule has 41 heavy (non-hydrogen) atoms. The summed E-state index contributed by atoms with van der Waals surface area (Å²) in [5.74, 6) is -0.250. The molecule has 2 aliphatic rings. The molecule has 2 aliphatic heterocycles. The highest BCUT2D eigenvalue weighted by Gasteiger charge is 2.45. The molecule has 8 nitrogen and oxygen atoms in total. The van der Waals surface area contributed by atoms with E-state index in [-0.39, 0.29) is 35.2 Å². The van der Waals surface area contributed by atoms with E-state index in [1.165, 1.54) is 29.8 Å². The van der Waals surface area contributed by atoms with E-state index in [1.54, 1.807) is 13.0 Å². The molecule has 1 fully saturated rings. The SMILES string of the molecule is CCS(=O)(=O)c1ccc(CNC(=O)c2cc3c(s2)C2(CCN(C(C)c4cnc(C(F)(F)F)s4)CC2)OC(C)C3)nc1. The molecule has 2 atom stereocenters. The van der Waals surface area contributed by atoms with Gasteiger partial charge in [0.15, 0.2) is 14.8 Å². The molecule has 0 bridgehead atoms. The van der Waals surface area contributed by atoms with E-state index >= 15 is 0 Å². The summed E-state index contributed by atoms with van der Waals surface area (Å²) in [4.78, 5) is 25.3. The number of nitrogens with zero attached hydrogens (tertiary/aromatic N) is 3. The van der Waals surface area contributed by atoms with E-state index in [9.17, 15) is 26.4 Å². The van der Waals surface area contributed by atoms with Crippen LogP contribution in [0.15, 0.2) is 35.5 Å². The molecule has 1 amide bonds. The van der Waals surface area contributed by atoms with Gasteiger partial charge in [-0.25, -0.2) is 13.4 Å². The topological polar surface area (TPSA) is 101 Å². The zero-order valence-corrected chi connectivity index (χ0v) is 25.3. The molecule has 222 valence electrons. The van der Waals surface area contributed by atoms with Gasteiger partial charge in [-0.05, 0) is 56.9 Å². The predicted molar refractivity (Wildman–Crippen MR) is 150 cm³/mol. The zero-order chi connectivity index (χ0) is 29.6. The first-order chi connectivity index (χ1) is 19.3. The molecular formula is C27H31F3N4O4S3. The maximum absolute atomic E-state index is 13.1. The van der Waals surface area contributed by atoms with Gasteiger partial charge >= 0.3 is 6.18 Å². The Bertz CT molecular complexity index is 1510. The molecule has 1 saturated heterocycles. The number of hydrogen-bond donors (Lipinski definition) is 1. The number of ether oxygens (including phenoxy) is 1. The molecule has 0 aromatic carbocycles. The van der Waals surface area contributed by atoms with Crippen molar-refractivity contribution in [2.45, 2.75) is 75.4 Å². The van der Waals surface area contributed by atoms with Gasteiger partial charge in [0.25, 0.3) is 5.91 Å². The van der Waals surface area contributed by atoms with Crippen LogP contribution in [0, 0.1) is 0 Å². The number of sulfone groups is 1. The third-order valence-electron chi connectivity index (χ3n) is 7.68. The monoisotopic (exact) mass is 628 g/mol. The number of carbonyl (C=O) groups excluding carboxylic acids is 1. The Morgan fingerprint density at radius 3 is 2.56 bits per heavy atom. The number of amides is 1. The van der Waals surface area contributed by atoms with Crippen LogP contribution in [0.1, 0.15) is 75.3 Å². The van der Waals surface area contributed by atoms with Crippen molar-refractivity contribution in [1.82, 2.24) is 20.2 Å². The van der Waals surface area contributed by atoms with Gasteiger partial charge in [0.05, 0.1) is 33.9 Å². The van der Waals surface area contributed by atoms with Crippen molar-refractivity contribution in [2.24, 2.45) is 0 Å². The van der Waals surface area contributed by atoms with Crippen LogP contribution in [0.4, 0.5) is 13.2 Å². The molecule has 14 heteroatoms. The number of likely N-dealkylation sites (tertiary alicyclic amines) is 1. The van der Waals surface area contributed by atoms with E-state index in [4.69, 9.17) is 4.74 Å². The molecule has 0 saturated carbocycles. The molecule has 0 aliphatic carbocycles. The number of nitrogens with one attached hydrogen (secondary N) is 1. The molecule has 2 unspecified atom stereocenters. The van der Waals surface area contributed by atoms with Crippen LogP contribution < -0.4 is 5.32 Å². The second kappa shape index (κ2) is 11.4. The minimum atomic E-state index is -4.45. The smallest absolute Gasteiger partial charge is 0.366 e. The number of piperidine rings is 1. The summed E-state index contributed by atoms with van der Waals surface area (Å²) < 4.78 is 69.7. The van der Waals surface area contributed by atoms with Crippen LogP contribution in [0.3, 0.4) is 0 Å². The Kier molecular flexibility index (Phi) is 8.34. The molecule has 5 rings (SSSR count). The summed E-state index contributed by atoms with van der Waals surface area (Å²) in [7, 11) is -3.34. The normalized spacial score (nSPS) is 20.1. The predicted octanol–water partition coefficient (Wildman–Crippen LogP) is 5.36. The lowest BCUT2D eigenvalue weighted by atomic mass is 9.83. The largest absolute Gasteiger partial charge is 0.443 e. The number of thiophene rings is 1. The van der Waals surface area contributed by atoms with Gasteiger partial charge in [-0.2, -0.15) is 13.2 Å². The van der Waals surface area contributed by atoms with E-state index in [1.807, 2.05) is 19.9 Å². The lowest BCUT2D eigenvalue weighted by Gasteiger charge is -2.46. The van der Waals surface area contributed by atoms with Gasteiger partial charge < -0.3 is 10.1 Å². The second-order valence-electron chi connectivity index (χ2n) is 10.4. The van der Waals surface area contributed by atoms with Crippen molar-refractivity contribution >= 4 is 38.4 Å². The van der Waals surface area contributed by atoms with Gasteiger partial charge in [0.2, 0.25) is 0 Å². The zero-order valence-electron chi connectivity index (χ0n) is 22.8. The number of aromatic nitrogens is 2. The van der Waals surface area contributed by atoms with Crippen LogP contribution in [0.2, 0.25) is 0 Å². The third-order valence-corrected chi connectivity index (χ3v) is 12.0. The third kappa shape index (κ3) is 6.21. The number of pyridine rings is 1.